The number of hydrogen-bond acceptors (Lipinski definition) is 6. The van der Waals surface area contributed by atoms with Gasteiger partial charge in [0.1, 0.15) is 23.4 Å². The Morgan fingerprint density at radius 3 is 2.46 bits per heavy atom. The molecule has 0 bridgehead atoms. The molecule has 2 aliphatic heterocycles. The fourth-order valence-corrected chi connectivity index (χ4v) is 8.17. The van der Waals surface area contributed by atoms with Crippen molar-refractivity contribution in [1.82, 2.24) is 9.80 Å². The van der Waals surface area contributed by atoms with Gasteiger partial charge in [0.25, 0.3) is 0 Å². The van der Waals surface area contributed by atoms with Gasteiger partial charge in [-0.15, -0.1) is 0 Å². The molecule has 2 fully saturated rings. The van der Waals surface area contributed by atoms with Crippen LogP contribution in [0.5, 0.6) is 17.2 Å². The summed E-state index contributed by atoms with van der Waals surface area (Å²) in [7, 11) is 0. The molecule has 8 heteroatoms. The fraction of sp³-hybridized carbons (Fsp3) is 0.525. The van der Waals surface area contributed by atoms with Gasteiger partial charge in [-0.05, 0) is 113 Å². The van der Waals surface area contributed by atoms with E-state index in [4.69, 9.17) is 25.8 Å². The van der Waals surface area contributed by atoms with Gasteiger partial charge in [-0.3, -0.25) is 4.90 Å². The molecule has 258 valence electrons. The molecule has 2 saturated heterocycles. The zero-order valence-corrected chi connectivity index (χ0v) is 32.6. The Labute approximate surface area is 306 Å². The Morgan fingerprint density at radius 2 is 1.69 bits per heavy atom. The molecular formula is C40H50ClN2O4W-. The first-order valence-electron chi connectivity index (χ1n) is 17.7. The number of ether oxygens (including phenoxy) is 3. The van der Waals surface area contributed by atoms with Gasteiger partial charge in [-0.25, -0.2) is 6.29 Å². The number of piperidine rings is 1. The summed E-state index contributed by atoms with van der Waals surface area (Å²) in [6.07, 6.45) is 10.5. The van der Waals surface area contributed by atoms with Gasteiger partial charge >= 0.3 is 0 Å². The summed E-state index contributed by atoms with van der Waals surface area (Å²) in [4.78, 5) is 16.4. The Bertz CT molecular complexity index is 1540. The van der Waals surface area contributed by atoms with Crippen LogP contribution < -0.4 is 14.2 Å². The van der Waals surface area contributed by atoms with Crippen LogP contribution in [-0.4, -0.2) is 60.5 Å². The third kappa shape index (κ3) is 8.15. The van der Waals surface area contributed by atoms with E-state index in [2.05, 4.69) is 73.3 Å². The molecule has 2 heterocycles. The summed E-state index contributed by atoms with van der Waals surface area (Å²) < 4.78 is 19.1. The van der Waals surface area contributed by atoms with Crippen molar-refractivity contribution in [1.29, 1.82) is 0 Å². The van der Waals surface area contributed by atoms with Crippen molar-refractivity contribution in [2.24, 2.45) is 0 Å². The molecule has 0 radical (unpaired) electrons. The predicted octanol–water partition coefficient (Wildman–Crippen LogP) is 8.88. The summed E-state index contributed by atoms with van der Waals surface area (Å²) in [5.41, 5.74) is 7.14. The van der Waals surface area contributed by atoms with Crippen LogP contribution in [0.3, 0.4) is 0 Å². The monoisotopic (exact) mass is 841 g/mol. The van der Waals surface area contributed by atoms with Gasteiger partial charge in [0.05, 0.1) is 18.2 Å². The van der Waals surface area contributed by atoms with E-state index in [1.54, 1.807) is 0 Å². The van der Waals surface area contributed by atoms with Crippen molar-refractivity contribution < 1.29 is 40.1 Å². The molecule has 4 atom stereocenters. The summed E-state index contributed by atoms with van der Waals surface area (Å²) in [5.74, 6) is 2.35. The maximum Gasteiger partial charge on any atom is 0.142 e. The molecule has 3 aromatic rings. The van der Waals surface area contributed by atoms with Crippen LogP contribution in [0.25, 0.3) is 11.1 Å². The average molecular weight is 842 g/mol. The summed E-state index contributed by atoms with van der Waals surface area (Å²) in [6.45, 7) is 12.7. The van der Waals surface area contributed by atoms with E-state index in [0.717, 1.165) is 75.3 Å². The maximum absolute atomic E-state index is 11.6. The van der Waals surface area contributed by atoms with Crippen LogP contribution in [0.15, 0.2) is 48.5 Å². The van der Waals surface area contributed by atoms with Gasteiger partial charge in [-0.2, -0.15) is 0 Å². The first-order chi connectivity index (χ1) is 22.9. The molecule has 0 amide bonds. The number of nitrogens with zero attached hydrogens (tertiary/aromatic N) is 2. The molecule has 0 aromatic heterocycles. The number of fused-ring (bicyclic) bond motifs is 1. The third-order valence-electron chi connectivity index (χ3n) is 10.5. The topological polar surface area (TPSA) is 51.2 Å². The smallest absolute Gasteiger partial charge is 0.142 e. The standard InChI is InChI=1S/C40H50ClN2O4.W/c1-5-45-39-24-40(36(41)23-30(39)25-42-20-7-6-11-31(42)26-44)47-38-19-18-34-33(13-8-14-35(34)38)32-12-9-15-37(29(32)4)46-22-10-21-43-27(2)16-17-28(43)3;/h8-9,12-15,23-24,27-28,31,38H,5-7,10-11,16-22,25H2,1-4H3;/q-1;/t27-,28?,31+,38+;/m1./s1. The van der Waals surface area contributed by atoms with Gasteiger partial charge < -0.3 is 23.9 Å². The van der Waals surface area contributed by atoms with Crippen molar-refractivity contribution in [2.75, 3.05) is 26.3 Å². The van der Waals surface area contributed by atoms with E-state index in [0.29, 0.717) is 36.0 Å². The second-order valence-electron chi connectivity index (χ2n) is 13.6. The third-order valence-corrected chi connectivity index (χ3v) is 10.8. The molecular weight excluding hydrogens is 792 g/mol. The predicted molar refractivity (Wildman–Crippen MR) is 190 cm³/mol. The molecule has 6 nitrogen and oxygen atoms in total. The number of halogens is 1. The van der Waals surface area contributed by atoms with Crippen LogP contribution in [0.1, 0.15) is 94.1 Å². The molecule has 1 unspecified atom stereocenters. The first-order valence-corrected chi connectivity index (χ1v) is 18.1. The minimum Gasteiger partial charge on any atom is -0.540 e. The quantitative estimate of drug-likeness (QED) is 0.127. The molecule has 1 aliphatic carbocycles. The number of rotatable bonds is 13. The van der Waals surface area contributed by atoms with Gasteiger partial charge in [-0.1, -0.05) is 60.8 Å². The van der Waals surface area contributed by atoms with E-state index in [9.17, 15) is 4.79 Å². The Balaban J connectivity index is 0.00000451. The summed E-state index contributed by atoms with van der Waals surface area (Å²) in [5, 5.41) is 0.561. The second kappa shape index (κ2) is 17.0. The Hall–Kier alpha value is -2.37. The largest absolute Gasteiger partial charge is 0.540 e. The molecule has 6 rings (SSSR count). The zero-order chi connectivity index (χ0) is 32.9. The normalized spacial score (nSPS) is 22.6. The fourth-order valence-electron chi connectivity index (χ4n) is 7.94. The van der Waals surface area contributed by atoms with Crippen LogP contribution in [0.4, 0.5) is 0 Å². The molecule has 0 N–H and O–H groups in total. The number of carbonyl (C=O) groups excluding carboxylic acids is 1. The van der Waals surface area contributed by atoms with E-state index in [1.165, 1.54) is 40.7 Å². The number of likely N-dealkylation sites (tertiary alicyclic amines) is 2. The van der Waals surface area contributed by atoms with Gasteiger partial charge in [0.15, 0.2) is 0 Å². The van der Waals surface area contributed by atoms with Crippen LogP contribution in [-0.2, 0) is 38.8 Å². The minimum atomic E-state index is -0.180. The number of benzene rings is 3. The van der Waals surface area contributed by atoms with Crippen molar-refractivity contribution in [3.05, 3.63) is 75.8 Å². The van der Waals surface area contributed by atoms with Gasteiger partial charge in [0.2, 0.25) is 0 Å². The molecule has 48 heavy (non-hydrogen) atoms. The van der Waals surface area contributed by atoms with Crippen molar-refractivity contribution in [3.63, 3.8) is 0 Å². The zero-order valence-electron chi connectivity index (χ0n) is 28.9. The molecule has 0 spiro atoms. The van der Waals surface area contributed by atoms with Crippen LogP contribution in [0, 0.1) is 6.92 Å². The van der Waals surface area contributed by atoms with Crippen molar-refractivity contribution in [2.45, 2.75) is 110 Å². The minimum absolute atomic E-state index is 0. The van der Waals surface area contributed by atoms with E-state index < -0.39 is 0 Å². The Kier molecular flexibility index (Phi) is 13.1. The summed E-state index contributed by atoms with van der Waals surface area (Å²) in [6, 6.07) is 18.0. The number of hydrogen-bond donors (Lipinski definition) is 0. The first kappa shape index (κ1) is 36.9. The second-order valence-corrected chi connectivity index (χ2v) is 14.0. The van der Waals surface area contributed by atoms with Crippen LogP contribution in [0.2, 0.25) is 5.02 Å². The molecule has 0 saturated carbocycles. The van der Waals surface area contributed by atoms with Crippen molar-refractivity contribution >= 4 is 17.9 Å². The SMILES string of the molecule is CCOc1cc(O[C@H]2CCc3c(-c4cccc(OCCCN5C(C)CC[C@H]5C)c4C)cccc32)c(Cl)cc1CN1CCCC[C@H]1[C-]=O.[W]. The van der Waals surface area contributed by atoms with E-state index >= 15 is 0 Å². The van der Waals surface area contributed by atoms with Gasteiger partial charge in [0, 0.05) is 57.9 Å². The van der Waals surface area contributed by atoms with Crippen LogP contribution >= 0.6 is 11.6 Å². The molecule has 3 aromatic carbocycles. The average Bonchev–Trinajstić information content (AvgIpc) is 3.64. The maximum atomic E-state index is 11.6. The van der Waals surface area contributed by atoms with Crippen molar-refractivity contribution in [3.8, 4) is 28.4 Å². The Morgan fingerprint density at radius 1 is 0.917 bits per heavy atom. The summed E-state index contributed by atoms with van der Waals surface area (Å²) >= 11 is 6.87. The van der Waals surface area contributed by atoms with E-state index in [1.807, 2.05) is 19.1 Å². The molecule has 3 aliphatic rings. The van der Waals surface area contributed by atoms with E-state index in [-0.39, 0.29) is 33.2 Å².